The minimum Gasteiger partial charge on any atom is -0.335 e. The van der Waals surface area contributed by atoms with E-state index in [0.717, 1.165) is 6.54 Å². The molecule has 2 aromatic rings. The molecular weight excluding hydrogens is 270 g/mol. The monoisotopic (exact) mass is 281 g/mol. The quantitative estimate of drug-likeness (QED) is 0.487. The molecule has 0 saturated carbocycles. The minimum atomic E-state index is -0.486. The van der Waals surface area contributed by atoms with Gasteiger partial charge in [-0.15, -0.1) is 0 Å². The number of aryl methyl sites for hydroxylation is 2. The molecule has 0 unspecified atom stereocenters. The Morgan fingerprint density at radius 2 is 2.21 bits per heavy atom. The summed E-state index contributed by atoms with van der Waals surface area (Å²) in [5, 5.41) is 11.1. The van der Waals surface area contributed by atoms with E-state index >= 15 is 0 Å². The van der Waals surface area contributed by atoms with Gasteiger partial charge in [-0.3, -0.25) is 10.1 Å². The molecule has 0 atom stereocenters. The summed E-state index contributed by atoms with van der Waals surface area (Å²) in [7, 11) is 0. The highest BCUT2D eigenvalue weighted by Crippen LogP contribution is 2.23. The second kappa shape index (κ2) is 5.31. The summed E-state index contributed by atoms with van der Waals surface area (Å²) in [6.07, 6.45) is 3.72. The van der Waals surface area contributed by atoms with E-state index in [1.165, 1.54) is 0 Å². The van der Waals surface area contributed by atoms with E-state index in [1.807, 2.05) is 17.7 Å². The lowest BCUT2D eigenvalue weighted by Gasteiger charge is -2.06. The van der Waals surface area contributed by atoms with Crippen molar-refractivity contribution < 1.29 is 4.92 Å². The average Bonchev–Trinajstić information content (AvgIpc) is 2.74. The van der Waals surface area contributed by atoms with Gasteiger partial charge in [-0.1, -0.05) is 0 Å². The molecule has 0 saturated heterocycles. The minimum absolute atomic E-state index is 0.00713. The fraction of sp³-hybridized carbons (Fsp3) is 0.364. The third-order valence-corrected chi connectivity index (χ3v) is 2.92. The summed E-state index contributed by atoms with van der Waals surface area (Å²) in [6.45, 7) is 4.25. The van der Waals surface area contributed by atoms with Crippen molar-refractivity contribution in [3.63, 3.8) is 0 Å². The van der Waals surface area contributed by atoms with Gasteiger partial charge in [-0.2, -0.15) is 0 Å². The van der Waals surface area contributed by atoms with E-state index in [1.54, 1.807) is 13.1 Å². The summed E-state index contributed by atoms with van der Waals surface area (Å²) < 4.78 is 1.90. The molecule has 0 aromatic carbocycles. The van der Waals surface area contributed by atoms with Crippen molar-refractivity contribution in [3.05, 3.63) is 45.0 Å². The standard InChI is InChI=1S/C11H12ClN5O2/c1-3-16-5-4-13-9(16)6-8-10(17(18)19)7(2)14-11(12)15-8/h4-5H,3,6H2,1-2H3. The van der Waals surface area contributed by atoms with Crippen LogP contribution < -0.4 is 0 Å². The van der Waals surface area contributed by atoms with E-state index in [9.17, 15) is 10.1 Å². The smallest absolute Gasteiger partial charge is 0.312 e. The zero-order valence-corrected chi connectivity index (χ0v) is 11.3. The van der Waals surface area contributed by atoms with Crippen molar-refractivity contribution in [2.24, 2.45) is 0 Å². The zero-order valence-electron chi connectivity index (χ0n) is 10.5. The highest BCUT2D eigenvalue weighted by molar-refractivity contribution is 6.28. The predicted molar refractivity (Wildman–Crippen MR) is 69.1 cm³/mol. The zero-order chi connectivity index (χ0) is 14.0. The Kier molecular flexibility index (Phi) is 3.75. The van der Waals surface area contributed by atoms with E-state index in [0.29, 0.717) is 5.82 Å². The Morgan fingerprint density at radius 3 is 2.84 bits per heavy atom. The van der Waals surface area contributed by atoms with Gasteiger partial charge < -0.3 is 4.57 Å². The number of nitro groups is 1. The molecule has 7 nitrogen and oxygen atoms in total. The van der Waals surface area contributed by atoms with Crippen LogP contribution in [0.25, 0.3) is 0 Å². The van der Waals surface area contributed by atoms with Crippen molar-refractivity contribution in [2.45, 2.75) is 26.8 Å². The fourth-order valence-electron chi connectivity index (χ4n) is 1.90. The van der Waals surface area contributed by atoms with Crippen LogP contribution >= 0.6 is 11.6 Å². The van der Waals surface area contributed by atoms with Gasteiger partial charge in [0.15, 0.2) is 0 Å². The van der Waals surface area contributed by atoms with Crippen molar-refractivity contribution in [1.29, 1.82) is 0 Å². The molecule has 0 aliphatic carbocycles. The molecule has 2 rings (SSSR count). The number of imidazole rings is 1. The van der Waals surface area contributed by atoms with Gasteiger partial charge in [0.2, 0.25) is 5.28 Å². The molecule has 8 heteroatoms. The first-order valence-electron chi connectivity index (χ1n) is 5.70. The van der Waals surface area contributed by atoms with Gasteiger partial charge in [-0.25, -0.2) is 15.0 Å². The Labute approximate surface area is 114 Å². The molecule has 0 fully saturated rings. The summed E-state index contributed by atoms with van der Waals surface area (Å²) in [4.78, 5) is 22.6. The summed E-state index contributed by atoms with van der Waals surface area (Å²) in [6, 6.07) is 0. The first kappa shape index (κ1) is 13.4. The highest BCUT2D eigenvalue weighted by atomic mass is 35.5. The van der Waals surface area contributed by atoms with Crippen LogP contribution in [0.4, 0.5) is 5.69 Å². The molecule has 19 heavy (non-hydrogen) atoms. The van der Waals surface area contributed by atoms with Gasteiger partial charge in [-0.05, 0) is 25.4 Å². The van der Waals surface area contributed by atoms with Gasteiger partial charge in [0, 0.05) is 18.9 Å². The normalized spacial score (nSPS) is 10.7. The molecule has 0 N–H and O–H groups in total. The topological polar surface area (TPSA) is 86.7 Å². The number of aromatic nitrogens is 4. The van der Waals surface area contributed by atoms with Crippen LogP contribution in [0.1, 0.15) is 24.1 Å². The molecule has 0 aliphatic rings. The summed E-state index contributed by atoms with van der Waals surface area (Å²) in [5.41, 5.74) is 0.438. The Bertz CT molecular complexity index is 626. The van der Waals surface area contributed by atoms with Crippen molar-refractivity contribution in [3.8, 4) is 0 Å². The van der Waals surface area contributed by atoms with Crippen LogP contribution in [-0.4, -0.2) is 24.4 Å². The third kappa shape index (κ3) is 2.70. The molecule has 0 spiro atoms. The van der Waals surface area contributed by atoms with Crippen LogP contribution in [0.2, 0.25) is 5.28 Å². The average molecular weight is 282 g/mol. The van der Waals surface area contributed by atoms with Gasteiger partial charge in [0.1, 0.15) is 17.2 Å². The Hall–Kier alpha value is -2.02. The maximum absolute atomic E-state index is 11.1. The van der Waals surface area contributed by atoms with Crippen molar-refractivity contribution in [1.82, 2.24) is 19.5 Å². The van der Waals surface area contributed by atoms with Crippen molar-refractivity contribution >= 4 is 17.3 Å². The van der Waals surface area contributed by atoms with Crippen LogP contribution in [0.3, 0.4) is 0 Å². The van der Waals surface area contributed by atoms with Crippen LogP contribution in [0, 0.1) is 17.0 Å². The molecule has 100 valence electrons. The number of nitrogens with zero attached hydrogens (tertiary/aromatic N) is 5. The molecule has 0 bridgehead atoms. The van der Waals surface area contributed by atoms with E-state index < -0.39 is 4.92 Å². The SMILES string of the molecule is CCn1ccnc1Cc1nc(Cl)nc(C)c1[N+](=O)[O-]. The second-order valence-corrected chi connectivity index (χ2v) is 4.27. The van der Waals surface area contributed by atoms with Crippen LogP contribution in [0.5, 0.6) is 0 Å². The van der Waals surface area contributed by atoms with Crippen LogP contribution in [-0.2, 0) is 13.0 Å². The Balaban J connectivity index is 2.47. The molecule has 2 aromatic heterocycles. The molecule has 0 aliphatic heterocycles. The van der Waals surface area contributed by atoms with E-state index in [4.69, 9.17) is 11.6 Å². The third-order valence-electron chi connectivity index (χ3n) is 2.75. The van der Waals surface area contributed by atoms with Gasteiger partial charge >= 0.3 is 5.69 Å². The lowest BCUT2D eigenvalue weighted by Crippen LogP contribution is -2.08. The van der Waals surface area contributed by atoms with Gasteiger partial charge in [0.05, 0.1) is 11.3 Å². The lowest BCUT2D eigenvalue weighted by atomic mass is 10.2. The molecule has 0 amide bonds. The maximum atomic E-state index is 11.1. The molecule has 2 heterocycles. The fourth-order valence-corrected chi connectivity index (χ4v) is 2.12. The number of hydrogen-bond donors (Lipinski definition) is 0. The Morgan fingerprint density at radius 1 is 1.47 bits per heavy atom. The van der Waals surface area contributed by atoms with Crippen LogP contribution in [0.15, 0.2) is 12.4 Å². The maximum Gasteiger partial charge on any atom is 0.312 e. The first-order valence-corrected chi connectivity index (χ1v) is 6.08. The van der Waals surface area contributed by atoms with E-state index in [2.05, 4.69) is 15.0 Å². The molecular formula is C11H12ClN5O2. The predicted octanol–water partition coefficient (Wildman–Crippen LogP) is 2.15. The molecule has 0 radical (unpaired) electrons. The van der Waals surface area contributed by atoms with E-state index in [-0.39, 0.29) is 28.8 Å². The number of hydrogen-bond acceptors (Lipinski definition) is 5. The highest BCUT2D eigenvalue weighted by Gasteiger charge is 2.22. The largest absolute Gasteiger partial charge is 0.335 e. The number of rotatable bonds is 4. The van der Waals surface area contributed by atoms with Gasteiger partial charge in [0.25, 0.3) is 0 Å². The number of halogens is 1. The second-order valence-electron chi connectivity index (χ2n) is 3.94. The summed E-state index contributed by atoms with van der Waals surface area (Å²) in [5.74, 6) is 0.708. The van der Waals surface area contributed by atoms with Crippen molar-refractivity contribution in [2.75, 3.05) is 0 Å². The first-order chi connectivity index (χ1) is 9.02. The summed E-state index contributed by atoms with van der Waals surface area (Å²) >= 11 is 5.77. The lowest BCUT2D eigenvalue weighted by molar-refractivity contribution is -0.386.